The van der Waals surface area contributed by atoms with Crippen molar-refractivity contribution in [2.45, 2.75) is 13.3 Å². The number of aryl methyl sites for hydroxylation is 1. The van der Waals surface area contributed by atoms with E-state index in [2.05, 4.69) is 0 Å². The molecule has 1 aromatic heterocycles. The number of hydrogen-bond donors (Lipinski definition) is 1. The quantitative estimate of drug-likeness (QED) is 0.820. The Hall–Kier alpha value is -0.900. The summed E-state index contributed by atoms with van der Waals surface area (Å²) >= 11 is 17.9. The van der Waals surface area contributed by atoms with Gasteiger partial charge < -0.3 is 9.52 Å². The lowest BCUT2D eigenvalue weighted by molar-refractivity contribution is 0.0663. The van der Waals surface area contributed by atoms with Gasteiger partial charge in [0.05, 0.1) is 15.1 Å². The molecule has 1 N–H and O–H groups in total. The van der Waals surface area contributed by atoms with Crippen LogP contribution in [-0.4, -0.2) is 11.1 Å². The van der Waals surface area contributed by atoms with E-state index < -0.39 is 5.97 Å². The predicted molar refractivity (Wildman–Crippen MR) is 67.6 cm³/mol. The van der Waals surface area contributed by atoms with E-state index >= 15 is 0 Å². The van der Waals surface area contributed by atoms with Crippen LogP contribution < -0.4 is 0 Å². The average molecular weight is 294 g/mol. The fourth-order valence-electron chi connectivity index (χ4n) is 1.74. The van der Waals surface area contributed by atoms with E-state index in [0.29, 0.717) is 17.4 Å². The van der Waals surface area contributed by atoms with Gasteiger partial charge in [-0.1, -0.05) is 41.7 Å². The van der Waals surface area contributed by atoms with Crippen LogP contribution in [0.2, 0.25) is 15.1 Å². The first kappa shape index (κ1) is 12.6. The second-order valence-electron chi connectivity index (χ2n) is 3.43. The van der Waals surface area contributed by atoms with E-state index in [9.17, 15) is 4.79 Å². The maximum atomic E-state index is 11.0. The van der Waals surface area contributed by atoms with Crippen molar-refractivity contribution in [2.24, 2.45) is 0 Å². The van der Waals surface area contributed by atoms with Gasteiger partial charge in [0.1, 0.15) is 0 Å². The smallest absolute Gasteiger partial charge is 0.372 e. The maximum absolute atomic E-state index is 11.0. The highest BCUT2D eigenvalue weighted by molar-refractivity contribution is 6.47. The predicted octanol–water partition coefficient (Wildman–Crippen LogP) is 4.65. The standard InChI is InChI=1S/C11H7Cl3O3/c1-2-4-7-8(14)5(12)3-6(13)10(7)17-9(4)11(15)16/h3H,2H2,1H3,(H,15,16). The van der Waals surface area contributed by atoms with Gasteiger partial charge in [-0.15, -0.1) is 0 Å². The number of furan rings is 1. The van der Waals surface area contributed by atoms with Gasteiger partial charge >= 0.3 is 5.97 Å². The van der Waals surface area contributed by atoms with Crippen molar-refractivity contribution < 1.29 is 14.3 Å². The monoisotopic (exact) mass is 292 g/mol. The van der Waals surface area contributed by atoms with Gasteiger partial charge in [0, 0.05) is 10.9 Å². The molecule has 0 radical (unpaired) electrons. The van der Waals surface area contributed by atoms with Crippen LogP contribution in [0.5, 0.6) is 0 Å². The van der Waals surface area contributed by atoms with Crippen LogP contribution in [0.1, 0.15) is 23.0 Å². The third-order valence-corrected chi connectivity index (χ3v) is 3.52. The van der Waals surface area contributed by atoms with Crippen molar-refractivity contribution in [1.29, 1.82) is 0 Å². The van der Waals surface area contributed by atoms with Crippen molar-refractivity contribution in [1.82, 2.24) is 0 Å². The lowest BCUT2D eigenvalue weighted by Gasteiger charge is -2.00. The highest BCUT2D eigenvalue weighted by Gasteiger charge is 2.23. The van der Waals surface area contributed by atoms with Crippen LogP contribution in [-0.2, 0) is 6.42 Å². The lowest BCUT2D eigenvalue weighted by atomic mass is 10.1. The molecule has 0 aliphatic heterocycles. The third-order valence-electron chi connectivity index (χ3n) is 2.45. The molecule has 3 nitrogen and oxygen atoms in total. The molecule has 6 heteroatoms. The zero-order chi connectivity index (χ0) is 12.7. The number of fused-ring (bicyclic) bond motifs is 1. The molecule has 0 atom stereocenters. The molecule has 1 heterocycles. The first-order valence-corrected chi connectivity index (χ1v) is 5.92. The molecule has 0 amide bonds. The summed E-state index contributed by atoms with van der Waals surface area (Å²) in [5.41, 5.74) is 0.761. The first-order valence-electron chi connectivity index (χ1n) is 4.79. The SMILES string of the molecule is CCc1c(C(=O)O)oc2c(Cl)cc(Cl)c(Cl)c12. The Morgan fingerprint density at radius 1 is 1.35 bits per heavy atom. The number of halogens is 3. The summed E-state index contributed by atoms with van der Waals surface area (Å²) in [6, 6.07) is 1.43. The van der Waals surface area contributed by atoms with E-state index in [1.54, 1.807) is 0 Å². The normalized spacial score (nSPS) is 11.1. The number of carboxylic acids is 1. The molecule has 2 rings (SSSR count). The molecule has 90 valence electrons. The minimum Gasteiger partial charge on any atom is -0.475 e. The highest BCUT2D eigenvalue weighted by Crippen LogP contribution is 2.40. The summed E-state index contributed by atoms with van der Waals surface area (Å²) in [5, 5.41) is 10.3. The van der Waals surface area contributed by atoms with Gasteiger partial charge in [0.15, 0.2) is 5.58 Å². The Kier molecular flexibility index (Phi) is 3.25. The fourth-order valence-corrected chi connectivity index (χ4v) is 2.49. The van der Waals surface area contributed by atoms with Crippen molar-refractivity contribution in [2.75, 3.05) is 0 Å². The van der Waals surface area contributed by atoms with E-state index in [1.165, 1.54) is 6.07 Å². The number of aromatic carboxylic acids is 1. The van der Waals surface area contributed by atoms with Crippen LogP contribution >= 0.6 is 34.8 Å². The number of benzene rings is 1. The summed E-state index contributed by atoms with van der Waals surface area (Å²) in [6.45, 7) is 1.81. The van der Waals surface area contributed by atoms with Gasteiger partial charge in [-0.2, -0.15) is 0 Å². The van der Waals surface area contributed by atoms with Gasteiger partial charge in [-0.25, -0.2) is 4.79 Å². The Labute approximate surface area is 112 Å². The van der Waals surface area contributed by atoms with Crippen molar-refractivity contribution in [3.8, 4) is 0 Å². The number of hydrogen-bond acceptors (Lipinski definition) is 2. The van der Waals surface area contributed by atoms with E-state index in [-0.39, 0.29) is 26.4 Å². The number of carbonyl (C=O) groups is 1. The van der Waals surface area contributed by atoms with Gasteiger partial charge in [-0.05, 0) is 12.5 Å². The molecule has 0 aliphatic carbocycles. The summed E-state index contributed by atoms with van der Waals surface area (Å²) in [7, 11) is 0. The molecule has 2 aromatic rings. The molecule has 0 unspecified atom stereocenters. The molecular weight excluding hydrogens is 286 g/mol. The lowest BCUT2D eigenvalue weighted by Crippen LogP contribution is -1.97. The minimum atomic E-state index is -1.15. The molecule has 17 heavy (non-hydrogen) atoms. The molecular formula is C11H7Cl3O3. The van der Waals surface area contributed by atoms with E-state index in [0.717, 1.165) is 0 Å². The maximum Gasteiger partial charge on any atom is 0.372 e. The van der Waals surface area contributed by atoms with Crippen LogP contribution in [0.25, 0.3) is 11.0 Å². The molecule has 0 bridgehead atoms. The first-order chi connectivity index (χ1) is 7.97. The van der Waals surface area contributed by atoms with E-state index in [1.807, 2.05) is 6.92 Å². The fraction of sp³-hybridized carbons (Fsp3) is 0.182. The summed E-state index contributed by atoms with van der Waals surface area (Å²) in [6.07, 6.45) is 0.463. The van der Waals surface area contributed by atoms with Crippen LogP contribution in [0.4, 0.5) is 0 Å². The van der Waals surface area contributed by atoms with Gasteiger partial charge in [0.25, 0.3) is 0 Å². The average Bonchev–Trinajstić information content (AvgIpc) is 2.65. The molecule has 0 aliphatic rings. The van der Waals surface area contributed by atoms with E-state index in [4.69, 9.17) is 44.3 Å². The molecule has 0 saturated carbocycles. The summed E-state index contributed by atoms with van der Waals surface area (Å²) in [4.78, 5) is 11.0. The molecule has 0 fully saturated rings. The number of rotatable bonds is 2. The van der Waals surface area contributed by atoms with Crippen molar-refractivity contribution in [3.63, 3.8) is 0 Å². The van der Waals surface area contributed by atoms with Crippen LogP contribution in [0.3, 0.4) is 0 Å². The second kappa shape index (κ2) is 4.41. The zero-order valence-corrected chi connectivity index (χ0v) is 10.9. The largest absolute Gasteiger partial charge is 0.475 e. The summed E-state index contributed by atoms with van der Waals surface area (Å²) < 4.78 is 5.24. The van der Waals surface area contributed by atoms with Crippen LogP contribution in [0.15, 0.2) is 10.5 Å². The van der Waals surface area contributed by atoms with Crippen molar-refractivity contribution >= 4 is 51.7 Å². The summed E-state index contributed by atoms with van der Waals surface area (Å²) in [5.74, 6) is -1.30. The number of carboxylic acid groups (broad SMARTS) is 1. The highest BCUT2D eigenvalue weighted by atomic mass is 35.5. The zero-order valence-electron chi connectivity index (χ0n) is 8.68. The Balaban J connectivity index is 2.97. The topological polar surface area (TPSA) is 50.4 Å². The Bertz CT molecular complexity index is 616. The minimum absolute atomic E-state index is 0.145. The van der Waals surface area contributed by atoms with Gasteiger partial charge in [-0.3, -0.25) is 0 Å². The Morgan fingerprint density at radius 3 is 2.53 bits per heavy atom. The van der Waals surface area contributed by atoms with Crippen molar-refractivity contribution in [3.05, 3.63) is 32.5 Å². The van der Waals surface area contributed by atoms with Crippen LogP contribution in [0, 0.1) is 0 Å². The second-order valence-corrected chi connectivity index (χ2v) is 4.62. The Morgan fingerprint density at radius 2 is 2.00 bits per heavy atom. The molecule has 0 saturated heterocycles. The molecule has 0 spiro atoms. The molecule has 1 aromatic carbocycles. The van der Waals surface area contributed by atoms with Gasteiger partial charge in [0.2, 0.25) is 5.76 Å². The third kappa shape index (κ3) is 1.88.